The van der Waals surface area contributed by atoms with E-state index in [1.54, 1.807) is 11.3 Å². The first-order valence-electron chi connectivity index (χ1n) is 6.52. The lowest BCUT2D eigenvalue weighted by Crippen LogP contribution is -2.27. The topological polar surface area (TPSA) is 45.2 Å². The monoisotopic (exact) mass is 289 g/mol. The summed E-state index contributed by atoms with van der Waals surface area (Å²) in [5.41, 5.74) is 6.13. The van der Waals surface area contributed by atoms with Gasteiger partial charge in [-0.05, 0) is 25.5 Å². The smallest absolute Gasteiger partial charge is 0.198 e. The van der Waals surface area contributed by atoms with Gasteiger partial charge in [0.2, 0.25) is 0 Å². The van der Waals surface area contributed by atoms with Crippen LogP contribution in [0.4, 0.5) is 5.13 Å². The summed E-state index contributed by atoms with van der Waals surface area (Å²) in [6.45, 7) is 4.48. The van der Waals surface area contributed by atoms with Crippen LogP contribution in [0, 0.1) is 0 Å². The summed E-state index contributed by atoms with van der Waals surface area (Å²) in [4.78, 5) is 16.6. The van der Waals surface area contributed by atoms with Gasteiger partial charge in [0.05, 0.1) is 5.69 Å². The Morgan fingerprint density at radius 2 is 2.30 bits per heavy atom. The van der Waals surface area contributed by atoms with Crippen molar-refractivity contribution >= 4 is 28.8 Å². The number of aromatic nitrogens is 1. The van der Waals surface area contributed by atoms with Crippen molar-refractivity contribution < 1.29 is 4.79 Å². The fourth-order valence-corrected chi connectivity index (χ4v) is 2.85. The predicted molar refractivity (Wildman–Crippen MR) is 84.7 cm³/mol. The van der Waals surface area contributed by atoms with Gasteiger partial charge in [0.15, 0.2) is 5.13 Å². The molecule has 1 aromatic rings. The minimum Gasteiger partial charge on any atom is -0.298 e. The van der Waals surface area contributed by atoms with Gasteiger partial charge in [-0.25, -0.2) is 9.99 Å². The highest BCUT2D eigenvalue weighted by Gasteiger charge is 2.10. The first-order valence-corrected chi connectivity index (χ1v) is 7.34. The van der Waals surface area contributed by atoms with Crippen molar-refractivity contribution in [2.75, 3.05) is 19.0 Å². The molecule has 1 N–H and O–H groups in total. The average Bonchev–Trinajstić information content (AvgIpc) is 2.66. The fraction of sp³-hybridized carbons (Fsp3) is 0.333. The summed E-state index contributed by atoms with van der Waals surface area (Å²) in [5.74, 6) is 0. The number of rotatable bonds is 5. The summed E-state index contributed by atoms with van der Waals surface area (Å²) in [7, 11) is 1.95. The maximum Gasteiger partial charge on any atom is 0.198 e. The van der Waals surface area contributed by atoms with E-state index in [4.69, 9.17) is 0 Å². The number of hydrazine groups is 1. The molecule has 0 fully saturated rings. The van der Waals surface area contributed by atoms with Crippen molar-refractivity contribution in [2.24, 2.45) is 0 Å². The Balaban J connectivity index is 2.02. The van der Waals surface area contributed by atoms with E-state index in [1.165, 1.54) is 4.88 Å². The average molecular weight is 289 g/mol. The highest BCUT2D eigenvalue weighted by Crippen LogP contribution is 2.26. The van der Waals surface area contributed by atoms with Gasteiger partial charge in [0, 0.05) is 24.9 Å². The molecule has 2 rings (SSSR count). The third kappa shape index (κ3) is 3.65. The minimum absolute atomic E-state index is 0.685. The van der Waals surface area contributed by atoms with Crippen LogP contribution < -0.4 is 5.43 Å². The Bertz CT molecular complexity index is 584. The second-order valence-corrected chi connectivity index (χ2v) is 5.95. The quantitative estimate of drug-likeness (QED) is 0.514. The molecular formula is C15H19N3OS. The number of nitrogens with one attached hydrogen (secondary N) is 1. The third-order valence-electron chi connectivity index (χ3n) is 3.14. The van der Waals surface area contributed by atoms with Gasteiger partial charge in [0.25, 0.3) is 0 Å². The summed E-state index contributed by atoms with van der Waals surface area (Å²) < 4.78 is 0. The van der Waals surface area contributed by atoms with Crippen molar-refractivity contribution in [1.29, 1.82) is 0 Å². The van der Waals surface area contributed by atoms with E-state index in [-0.39, 0.29) is 0 Å². The van der Waals surface area contributed by atoms with Crippen LogP contribution in [0.5, 0.6) is 0 Å². The van der Waals surface area contributed by atoms with Crippen LogP contribution in [0.15, 0.2) is 29.4 Å². The Labute approximate surface area is 123 Å². The van der Waals surface area contributed by atoms with Gasteiger partial charge in [-0.1, -0.05) is 35.1 Å². The lowest BCUT2D eigenvalue weighted by Gasteiger charge is -2.18. The zero-order valence-corrected chi connectivity index (χ0v) is 12.8. The molecule has 0 saturated carbocycles. The van der Waals surface area contributed by atoms with Crippen LogP contribution in [-0.4, -0.2) is 29.9 Å². The molecule has 0 unspecified atom stereocenters. The van der Waals surface area contributed by atoms with E-state index < -0.39 is 0 Å². The standard InChI is InChI=1S/C15H19N3OS/c1-11(12(2)10-19)9-18(3)17-15-16-13-7-5-4-6-8-14(13)20-15/h4-7,10H,8-9H2,1-3H3,(H,16,17)/b12-11-. The van der Waals surface area contributed by atoms with Crippen LogP contribution in [-0.2, 0) is 11.2 Å². The molecule has 0 saturated heterocycles. The Morgan fingerprint density at radius 1 is 1.50 bits per heavy atom. The molecule has 4 nitrogen and oxygen atoms in total. The Kier molecular flexibility index (Phi) is 4.87. The molecule has 106 valence electrons. The van der Waals surface area contributed by atoms with Crippen molar-refractivity contribution in [1.82, 2.24) is 9.99 Å². The lowest BCUT2D eigenvalue weighted by atomic mass is 10.2. The van der Waals surface area contributed by atoms with Gasteiger partial charge >= 0.3 is 0 Å². The van der Waals surface area contributed by atoms with E-state index in [0.29, 0.717) is 6.54 Å². The molecule has 20 heavy (non-hydrogen) atoms. The summed E-state index contributed by atoms with van der Waals surface area (Å²) in [6, 6.07) is 0. The van der Waals surface area contributed by atoms with Crippen molar-refractivity contribution in [3.05, 3.63) is 39.9 Å². The van der Waals surface area contributed by atoms with Crippen LogP contribution in [0.25, 0.3) is 6.08 Å². The summed E-state index contributed by atoms with van der Waals surface area (Å²) in [6.07, 6.45) is 10.0. The highest BCUT2D eigenvalue weighted by molar-refractivity contribution is 7.15. The number of aldehydes is 1. The summed E-state index contributed by atoms with van der Waals surface area (Å²) in [5, 5.41) is 2.83. The number of hydrogen-bond donors (Lipinski definition) is 1. The highest BCUT2D eigenvalue weighted by atomic mass is 32.1. The predicted octanol–water partition coefficient (Wildman–Crippen LogP) is 3.06. The van der Waals surface area contributed by atoms with Crippen LogP contribution in [0.3, 0.4) is 0 Å². The number of fused-ring (bicyclic) bond motifs is 1. The van der Waals surface area contributed by atoms with Crippen LogP contribution >= 0.6 is 11.3 Å². The number of anilines is 1. The molecule has 0 aromatic carbocycles. The van der Waals surface area contributed by atoms with E-state index in [0.717, 1.165) is 34.7 Å². The van der Waals surface area contributed by atoms with Gasteiger partial charge in [-0.3, -0.25) is 10.2 Å². The lowest BCUT2D eigenvalue weighted by molar-refractivity contribution is -0.104. The Hall–Kier alpha value is -1.72. The molecule has 1 aliphatic rings. The minimum atomic E-state index is 0.685. The Morgan fingerprint density at radius 3 is 3.05 bits per heavy atom. The number of hydrogen-bond acceptors (Lipinski definition) is 5. The summed E-state index contributed by atoms with van der Waals surface area (Å²) >= 11 is 1.67. The molecule has 1 aromatic heterocycles. The largest absolute Gasteiger partial charge is 0.298 e. The van der Waals surface area contributed by atoms with Crippen molar-refractivity contribution in [3.63, 3.8) is 0 Å². The van der Waals surface area contributed by atoms with Crippen molar-refractivity contribution in [2.45, 2.75) is 20.3 Å². The second kappa shape index (κ2) is 6.63. The maximum atomic E-state index is 10.7. The SMILES string of the molecule is C/C(C=O)=C(\C)CN(C)Nc1nc2c(s1)CC=CC=C2. The number of thiazole rings is 1. The van der Waals surface area contributed by atoms with E-state index in [2.05, 4.69) is 16.5 Å². The van der Waals surface area contributed by atoms with E-state index in [1.807, 2.05) is 44.1 Å². The molecule has 0 atom stereocenters. The zero-order valence-electron chi connectivity index (χ0n) is 12.0. The first kappa shape index (κ1) is 14.7. The molecule has 0 radical (unpaired) electrons. The van der Waals surface area contributed by atoms with Gasteiger partial charge < -0.3 is 0 Å². The number of carbonyl (C=O) groups is 1. The number of allylic oxidation sites excluding steroid dienone is 4. The molecule has 0 amide bonds. The van der Waals surface area contributed by atoms with E-state index >= 15 is 0 Å². The van der Waals surface area contributed by atoms with Crippen LogP contribution in [0.2, 0.25) is 0 Å². The first-order chi connectivity index (χ1) is 9.60. The van der Waals surface area contributed by atoms with E-state index in [9.17, 15) is 4.79 Å². The molecule has 1 heterocycles. The van der Waals surface area contributed by atoms with Gasteiger partial charge in [-0.2, -0.15) is 0 Å². The van der Waals surface area contributed by atoms with Gasteiger partial charge in [-0.15, -0.1) is 0 Å². The van der Waals surface area contributed by atoms with Crippen molar-refractivity contribution in [3.8, 4) is 0 Å². The molecule has 0 bridgehead atoms. The number of likely N-dealkylation sites (N-methyl/N-ethyl adjacent to an activating group) is 1. The number of nitrogens with zero attached hydrogens (tertiary/aromatic N) is 2. The fourth-order valence-electron chi connectivity index (χ4n) is 1.87. The maximum absolute atomic E-state index is 10.7. The second-order valence-electron chi connectivity index (χ2n) is 4.87. The normalized spacial score (nSPS) is 14.8. The third-order valence-corrected chi connectivity index (χ3v) is 4.14. The van der Waals surface area contributed by atoms with Crippen LogP contribution in [0.1, 0.15) is 24.4 Å². The molecule has 0 spiro atoms. The molecule has 0 aliphatic heterocycles. The molecule has 5 heteroatoms. The zero-order chi connectivity index (χ0) is 14.5. The van der Waals surface area contributed by atoms with Gasteiger partial charge in [0.1, 0.15) is 6.29 Å². The number of carbonyl (C=O) groups excluding carboxylic acids is 1. The molecule has 1 aliphatic carbocycles. The molecular weight excluding hydrogens is 270 g/mol.